The quantitative estimate of drug-likeness (QED) is 0.334. The Kier molecular flexibility index (Phi) is 6.98. The first-order valence-corrected chi connectivity index (χ1v) is 13.9. The van der Waals surface area contributed by atoms with Gasteiger partial charge in [0.2, 0.25) is 0 Å². The molecule has 0 heterocycles. The summed E-state index contributed by atoms with van der Waals surface area (Å²) < 4.78 is 0. The molecule has 0 aromatic heterocycles. The monoisotopic (exact) mass is 470 g/mol. The van der Waals surface area contributed by atoms with Crippen LogP contribution in [0.1, 0.15) is 59.7 Å². The zero-order chi connectivity index (χ0) is 23.2. The molecule has 164 valence electrons. The Labute approximate surface area is 199 Å². The van der Waals surface area contributed by atoms with Gasteiger partial charge in [0, 0.05) is 5.30 Å². The highest BCUT2D eigenvalue weighted by Crippen LogP contribution is 2.52. The third kappa shape index (κ3) is 4.88. The van der Waals surface area contributed by atoms with Crippen molar-refractivity contribution in [2.24, 2.45) is 0 Å². The standard InChI is InChI=1S/C28H33Cl2P/c1-16-10-18(3)25(19(4)11-16)23-14-22(28(7,8)9)15-24(27(23)31(29)30)26-20(5)12-17(2)13-21(26)6/h10-15H,1-9H3. The summed E-state index contributed by atoms with van der Waals surface area (Å²) in [6, 6.07) is 13.7. The maximum absolute atomic E-state index is 6.78. The predicted octanol–water partition coefficient (Wildman–Crippen LogP) is 9.58. The summed E-state index contributed by atoms with van der Waals surface area (Å²) in [5.41, 5.74) is 13.8. The first kappa shape index (κ1) is 24.3. The number of aryl methyl sites for hydroxylation is 6. The van der Waals surface area contributed by atoms with Gasteiger partial charge in [-0.25, -0.2) is 0 Å². The number of hydrogen-bond acceptors (Lipinski definition) is 0. The third-order valence-electron chi connectivity index (χ3n) is 6.04. The summed E-state index contributed by atoms with van der Waals surface area (Å²) in [5, 5.41) is 1.07. The van der Waals surface area contributed by atoms with E-state index in [1.807, 2.05) is 0 Å². The van der Waals surface area contributed by atoms with E-state index in [1.165, 1.54) is 61.2 Å². The predicted molar refractivity (Wildman–Crippen MR) is 143 cm³/mol. The summed E-state index contributed by atoms with van der Waals surface area (Å²) in [4.78, 5) is 0. The fourth-order valence-corrected chi connectivity index (χ4v) is 6.65. The van der Waals surface area contributed by atoms with Crippen molar-refractivity contribution in [3.8, 4) is 22.3 Å². The van der Waals surface area contributed by atoms with E-state index in [2.05, 4.69) is 98.7 Å². The summed E-state index contributed by atoms with van der Waals surface area (Å²) in [7, 11) is 0. The van der Waals surface area contributed by atoms with E-state index in [1.54, 1.807) is 0 Å². The molecule has 0 fully saturated rings. The van der Waals surface area contributed by atoms with Crippen LogP contribution in [0.5, 0.6) is 0 Å². The maximum Gasteiger partial charge on any atom is 0.118 e. The Morgan fingerprint density at radius 1 is 0.581 bits per heavy atom. The third-order valence-corrected chi connectivity index (χ3v) is 7.87. The van der Waals surface area contributed by atoms with Gasteiger partial charge in [0.1, 0.15) is 6.63 Å². The fraction of sp³-hybridized carbons (Fsp3) is 0.357. The van der Waals surface area contributed by atoms with Gasteiger partial charge in [-0.15, -0.1) is 0 Å². The zero-order valence-corrected chi connectivity index (χ0v) is 22.6. The molecule has 0 amide bonds. The van der Waals surface area contributed by atoms with Crippen molar-refractivity contribution in [2.45, 2.75) is 67.7 Å². The van der Waals surface area contributed by atoms with Gasteiger partial charge in [-0.2, -0.15) is 0 Å². The SMILES string of the molecule is Cc1cc(C)c(-c2cc(C(C)(C)C)cc(-c3c(C)cc(C)cc3C)c2P(Cl)Cl)c(C)c1. The number of halogens is 2. The molecule has 3 aromatic carbocycles. The molecule has 0 radical (unpaired) electrons. The van der Waals surface area contributed by atoms with Gasteiger partial charge in [-0.3, -0.25) is 0 Å². The molecule has 0 N–H and O–H groups in total. The van der Waals surface area contributed by atoms with Crippen molar-refractivity contribution in [1.29, 1.82) is 0 Å². The lowest BCUT2D eigenvalue weighted by molar-refractivity contribution is 0.591. The van der Waals surface area contributed by atoms with E-state index in [0.717, 1.165) is 5.30 Å². The zero-order valence-electron chi connectivity index (χ0n) is 20.2. The van der Waals surface area contributed by atoms with E-state index in [4.69, 9.17) is 22.5 Å². The van der Waals surface area contributed by atoms with Gasteiger partial charge in [-0.05, 0) is 109 Å². The highest BCUT2D eigenvalue weighted by molar-refractivity contribution is 8.09. The molecule has 3 rings (SSSR count). The number of benzene rings is 3. The molecule has 0 unspecified atom stereocenters. The van der Waals surface area contributed by atoms with Crippen molar-refractivity contribution in [3.63, 3.8) is 0 Å². The molecule has 0 aliphatic carbocycles. The minimum Gasteiger partial charge on any atom is -0.0727 e. The summed E-state index contributed by atoms with van der Waals surface area (Å²) in [6.45, 7) is 18.5. The molecule has 31 heavy (non-hydrogen) atoms. The van der Waals surface area contributed by atoms with Crippen LogP contribution in [0.4, 0.5) is 0 Å². The van der Waals surface area contributed by atoms with E-state index < -0.39 is 6.63 Å². The maximum atomic E-state index is 6.78. The van der Waals surface area contributed by atoms with Crippen LogP contribution in [0.15, 0.2) is 36.4 Å². The van der Waals surface area contributed by atoms with Gasteiger partial charge in [0.25, 0.3) is 0 Å². The van der Waals surface area contributed by atoms with E-state index >= 15 is 0 Å². The van der Waals surface area contributed by atoms with Crippen LogP contribution in [0, 0.1) is 41.5 Å². The minimum atomic E-state index is -1.35. The van der Waals surface area contributed by atoms with Crippen LogP contribution in [0.2, 0.25) is 0 Å². The summed E-state index contributed by atoms with van der Waals surface area (Å²) in [6.07, 6.45) is 0. The Morgan fingerprint density at radius 3 is 1.16 bits per heavy atom. The molecule has 0 nitrogen and oxygen atoms in total. The summed E-state index contributed by atoms with van der Waals surface area (Å²) >= 11 is 13.6. The minimum absolute atomic E-state index is 0.00241. The van der Waals surface area contributed by atoms with E-state index in [-0.39, 0.29) is 5.41 Å². The first-order chi connectivity index (χ1) is 14.3. The number of hydrogen-bond donors (Lipinski definition) is 0. The van der Waals surface area contributed by atoms with Crippen molar-refractivity contribution in [2.75, 3.05) is 0 Å². The Balaban J connectivity index is 2.53. The highest BCUT2D eigenvalue weighted by Gasteiger charge is 2.26. The Morgan fingerprint density at radius 2 is 0.903 bits per heavy atom. The van der Waals surface area contributed by atoms with Gasteiger partial charge in [0.15, 0.2) is 0 Å². The Bertz CT molecular complexity index is 1030. The van der Waals surface area contributed by atoms with Gasteiger partial charge in [-0.1, -0.05) is 78.6 Å². The van der Waals surface area contributed by atoms with Gasteiger partial charge >= 0.3 is 0 Å². The molecular weight excluding hydrogens is 438 g/mol. The second-order valence-electron chi connectivity index (χ2n) is 9.95. The molecule has 3 heteroatoms. The number of rotatable bonds is 3. The van der Waals surface area contributed by atoms with Crippen LogP contribution in [-0.4, -0.2) is 0 Å². The Hall–Kier alpha value is -1.33. The lowest BCUT2D eigenvalue weighted by atomic mass is 9.81. The molecule has 0 aliphatic rings. The second kappa shape index (κ2) is 8.90. The summed E-state index contributed by atoms with van der Waals surface area (Å²) in [5.74, 6) is 0. The van der Waals surface area contributed by atoms with Gasteiger partial charge in [0.05, 0.1) is 0 Å². The van der Waals surface area contributed by atoms with Crippen LogP contribution in [0.25, 0.3) is 22.3 Å². The van der Waals surface area contributed by atoms with Crippen LogP contribution in [-0.2, 0) is 5.41 Å². The molecule has 3 aromatic rings. The topological polar surface area (TPSA) is 0 Å². The molecule has 0 spiro atoms. The fourth-order valence-electron chi connectivity index (χ4n) is 4.84. The molecule has 0 aliphatic heterocycles. The first-order valence-electron chi connectivity index (χ1n) is 10.8. The van der Waals surface area contributed by atoms with Crippen molar-refractivity contribution in [3.05, 3.63) is 75.3 Å². The smallest absolute Gasteiger partial charge is 0.0727 e. The molecule has 0 atom stereocenters. The lowest BCUT2D eigenvalue weighted by Crippen LogP contribution is -2.17. The average Bonchev–Trinajstić information content (AvgIpc) is 2.58. The van der Waals surface area contributed by atoms with Crippen molar-refractivity contribution >= 4 is 34.4 Å². The second-order valence-corrected chi connectivity index (χ2v) is 13.4. The normalized spacial score (nSPS) is 12.0. The highest BCUT2D eigenvalue weighted by atomic mass is 35.9. The van der Waals surface area contributed by atoms with Crippen molar-refractivity contribution in [1.82, 2.24) is 0 Å². The van der Waals surface area contributed by atoms with E-state index in [0.29, 0.717) is 0 Å². The van der Waals surface area contributed by atoms with Crippen LogP contribution >= 0.6 is 29.1 Å². The molecule has 0 saturated carbocycles. The molecule has 0 saturated heterocycles. The van der Waals surface area contributed by atoms with E-state index in [9.17, 15) is 0 Å². The van der Waals surface area contributed by atoms with Gasteiger partial charge < -0.3 is 0 Å². The average molecular weight is 471 g/mol. The van der Waals surface area contributed by atoms with Crippen LogP contribution in [0.3, 0.4) is 0 Å². The van der Waals surface area contributed by atoms with Crippen molar-refractivity contribution < 1.29 is 0 Å². The lowest BCUT2D eigenvalue weighted by Gasteiger charge is -2.27. The molecular formula is C28H33Cl2P. The molecule has 0 bridgehead atoms. The largest absolute Gasteiger partial charge is 0.118 e. The van der Waals surface area contributed by atoms with Crippen LogP contribution < -0.4 is 5.30 Å².